The molecular formula is C28H28F3N3O4S. The van der Waals surface area contributed by atoms with Crippen LogP contribution < -0.4 is 4.72 Å². The van der Waals surface area contributed by atoms with E-state index >= 15 is 0 Å². The minimum Gasteiger partial charge on any atom is -0.461 e. The van der Waals surface area contributed by atoms with Crippen molar-refractivity contribution < 1.29 is 31.1 Å². The lowest BCUT2D eigenvalue weighted by Crippen LogP contribution is -2.30. The number of halogens is 3. The van der Waals surface area contributed by atoms with Gasteiger partial charge in [0.2, 0.25) is 0 Å². The molecule has 4 rings (SSSR count). The number of fused-ring (bicyclic) bond motifs is 1. The van der Waals surface area contributed by atoms with E-state index in [4.69, 9.17) is 4.74 Å². The van der Waals surface area contributed by atoms with Gasteiger partial charge in [-0.15, -0.1) is 0 Å². The van der Waals surface area contributed by atoms with Gasteiger partial charge in [-0.1, -0.05) is 55.8 Å². The fourth-order valence-electron chi connectivity index (χ4n) is 4.38. The van der Waals surface area contributed by atoms with Crippen molar-refractivity contribution in [3.63, 3.8) is 0 Å². The molecule has 0 saturated carbocycles. The van der Waals surface area contributed by atoms with E-state index in [0.717, 1.165) is 35.0 Å². The molecule has 4 aromatic rings. The second-order valence-electron chi connectivity index (χ2n) is 9.05. The maximum absolute atomic E-state index is 12.9. The van der Waals surface area contributed by atoms with Gasteiger partial charge in [-0.2, -0.15) is 21.6 Å². The normalized spacial score (nSPS) is 12.1. The molecule has 0 fully saturated rings. The van der Waals surface area contributed by atoms with Crippen LogP contribution in [0.5, 0.6) is 0 Å². The predicted octanol–water partition coefficient (Wildman–Crippen LogP) is 6.45. The van der Waals surface area contributed by atoms with Crippen LogP contribution in [0.3, 0.4) is 0 Å². The summed E-state index contributed by atoms with van der Waals surface area (Å²) in [6, 6.07) is 16.8. The monoisotopic (exact) mass is 559 g/mol. The van der Waals surface area contributed by atoms with E-state index in [2.05, 4.69) is 22.5 Å². The van der Waals surface area contributed by atoms with E-state index in [-0.39, 0.29) is 18.0 Å². The predicted molar refractivity (Wildman–Crippen MR) is 144 cm³/mol. The number of rotatable bonds is 9. The summed E-state index contributed by atoms with van der Waals surface area (Å²) in [5, 5.41) is 0.939. The third kappa shape index (κ3) is 5.93. The second kappa shape index (κ2) is 11.1. The zero-order valence-corrected chi connectivity index (χ0v) is 22.5. The molecule has 7 nitrogen and oxygen atoms in total. The third-order valence-electron chi connectivity index (χ3n) is 6.23. The quantitative estimate of drug-likeness (QED) is 0.238. The fourth-order valence-corrected chi connectivity index (χ4v) is 4.96. The van der Waals surface area contributed by atoms with Crippen LogP contribution in [0.25, 0.3) is 22.2 Å². The molecule has 0 amide bonds. The summed E-state index contributed by atoms with van der Waals surface area (Å²) in [4.78, 5) is 17.0. The number of carbonyl (C=O) groups excluding carboxylic acids is 1. The van der Waals surface area contributed by atoms with Gasteiger partial charge >= 0.3 is 21.5 Å². The smallest absolute Gasteiger partial charge is 0.461 e. The van der Waals surface area contributed by atoms with Crippen LogP contribution in [0.1, 0.15) is 47.6 Å². The molecule has 2 aromatic carbocycles. The van der Waals surface area contributed by atoms with Crippen LogP contribution in [0.2, 0.25) is 0 Å². The van der Waals surface area contributed by atoms with Crippen molar-refractivity contribution in [1.82, 2.24) is 9.55 Å². The van der Waals surface area contributed by atoms with Crippen LogP contribution >= 0.6 is 0 Å². The van der Waals surface area contributed by atoms with Crippen LogP contribution in [0.4, 0.5) is 18.9 Å². The molecule has 1 N–H and O–H groups in total. The van der Waals surface area contributed by atoms with Gasteiger partial charge in [0.25, 0.3) is 0 Å². The number of para-hydroxylation sites is 1. The number of aryl methyl sites for hydroxylation is 2. The molecule has 0 unspecified atom stereocenters. The minimum absolute atomic E-state index is 0.171. The first-order valence-corrected chi connectivity index (χ1v) is 13.9. The van der Waals surface area contributed by atoms with Crippen molar-refractivity contribution in [1.29, 1.82) is 0 Å². The van der Waals surface area contributed by atoms with Crippen molar-refractivity contribution in [2.75, 3.05) is 11.3 Å². The molecule has 0 spiro atoms. The van der Waals surface area contributed by atoms with Crippen molar-refractivity contribution in [3.05, 3.63) is 83.2 Å². The molecule has 0 aliphatic carbocycles. The van der Waals surface area contributed by atoms with Gasteiger partial charge in [-0.25, -0.2) is 9.78 Å². The van der Waals surface area contributed by atoms with Crippen LogP contribution in [-0.4, -0.2) is 36.1 Å². The zero-order chi connectivity index (χ0) is 28.4. The maximum Gasteiger partial charge on any atom is 0.516 e. The molecular weight excluding hydrogens is 531 g/mol. The largest absolute Gasteiger partial charge is 0.516 e. The number of aromatic nitrogens is 2. The molecule has 0 bridgehead atoms. The Morgan fingerprint density at radius 2 is 1.74 bits per heavy atom. The highest BCUT2D eigenvalue weighted by molar-refractivity contribution is 7.93. The Morgan fingerprint density at radius 1 is 1.05 bits per heavy atom. The molecule has 0 aliphatic heterocycles. The van der Waals surface area contributed by atoms with E-state index in [1.165, 1.54) is 12.1 Å². The van der Waals surface area contributed by atoms with Gasteiger partial charge in [0.15, 0.2) is 5.69 Å². The Morgan fingerprint density at radius 3 is 2.38 bits per heavy atom. The van der Waals surface area contributed by atoms with E-state index < -0.39 is 21.5 Å². The first kappa shape index (κ1) is 28.2. The number of nitrogens with zero attached hydrogens (tertiary/aromatic N) is 2. The summed E-state index contributed by atoms with van der Waals surface area (Å²) in [7, 11) is -5.57. The highest BCUT2D eigenvalue weighted by Gasteiger charge is 2.46. The SMILES string of the molecule is CCCc1cc2c(C)cc(C(=O)OCC)nc2n1Cc1ccc(-c2ccccc2NS(=O)(=O)C(F)(F)F)cc1. The minimum atomic E-state index is -5.57. The average molecular weight is 560 g/mol. The Hall–Kier alpha value is -3.86. The zero-order valence-electron chi connectivity index (χ0n) is 21.7. The topological polar surface area (TPSA) is 90.3 Å². The Balaban J connectivity index is 1.69. The number of carbonyl (C=O) groups is 1. The van der Waals surface area contributed by atoms with E-state index in [0.29, 0.717) is 23.3 Å². The lowest BCUT2D eigenvalue weighted by Gasteiger charge is -2.15. The van der Waals surface area contributed by atoms with Gasteiger partial charge in [0, 0.05) is 23.2 Å². The Labute approximate surface area is 224 Å². The van der Waals surface area contributed by atoms with E-state index in [1.54, 1.807) is 42.0 Å². The Bertz CT molecular complexity index is 1610. The number of esters is 1. The molecule has 0 aliphatic rings. The fraction of sp³-hybridized carbons (Fsp3) is 0.286. The molecule has 2 aromatic heterocycles. The number of anilines is 1. The number of sulfonamides is 1. The summed E-state index contributed by atoms with van der Waals surface area (Å²) in [6.07, 6.45) is 1.71. The molecule has 11 heteroatoms. The molecule has 0 saturated heterocycles. The van der Waals surface area contributed by atoms with Gasteiger partial charge in [-0.3, -0.25) is 4.72 Å². The van der Waals surface area contributed by atoms with Crippen molar-refractivity contribution >= 4 is 32.7 Å². The van der Waals surface area contributed by atoms with Crippen molar-refractivity contribution in [3.8, 4) is 11.1 Å². The summed E-state index contributed by atoms with van der Waals surface area (Å²) in [5.74, 6) is -0.489. The van der Waals surface area contributed by atoms with Crippen LogP contribution in [0.15, 0.2) is 60.7 Å². The molecule has 0 atom stereocenters. The first-order valence-electron chi connectivity index (χ1n) is 12.4. The maximum atomic E-state index is 12.9. The van der Waals surface area contributed by atoms with E-state index in [9.17, 15) is 26.4 Å². The van der Waals surface area contributed by atoms with Gasteiger partial charge < -0.3 is 9.30 Å². The number of nitrogens with one attached hydrogen (secondary N) is 1. The average Bonchev–Trinajstić information content (AvgIpc) is 3.22. The van der Waals surface area contributed by atoms with Crippen LogP contribution in [0, 0.1) is 6.92 Å². The number of benzene rings is 2. The number of alkyl halides is 3. The first-order chi connectivity index (χ1) is 18.4. The number of ether oxygens (including phenoxy) is 1. The number of pyridine rings is 1. The van der Waals surface area contributed by atoms with Gasteiger partial charge in [0.1, 0.15) is 5.65 Å². The van der Waals surface area contributed by atoms with Crippen molar-refractivity contribution in [2.45, 2.75) is 45.7 Å². The Kier molecular flexibility index (Phi) is 8.01. The highest BCUT2D eigenvalue weighted by atomic mass is 32.2. The van der Waals surface area contributed by atoms with Crippen molar-refractivity contribution in [2.24, 2.45) is 0 Å². The molecule has 0 radical (unpaired) electrons. The molecule has 2 heterocycles. The summed E-state index contributed by atoms with van der Waals surface area (Å²) >= 11 is 0. The van der Waals surface area contributed by atoms with E-state index in [1.807, 2.05) is 19.1 Å². The third-order valence-corrected chi connectivity index (χ3v) is 7.33. The summed E-state index contributed by atoms with van der Waals surface area (Å²) in [5.41, 5.74) is -0.990. The van der Waals surface area contributed by atoms with Gasteiger partial charge in [-0.05, 0) is 55.2 Å². The molecule has 206 valence electrons. The molecule has 39 heavy (non-hydrogen) atoms. The standard InChI is InChI=1S/C28H28F3N3O4S/c1-4-8-21-16-23-18(3)15-25(27(35)38-5-2)32-26(23)34(21)17-19-11-13-20(14-12-19)22-9-6-7-10-24(22)33-39(36,37)28(29,30)31/h6-7,9-16,33H,4-5,8,17H2,1-3H3. The lowest BCUT2D eigenvalue weighted by atomic mass is 10.0. The lowest BCUT2D eigenvalue weighted by molar-refractivity contribution is -0.0429. The van der Waals surface area contributed by atoms with Crippen LogP contribution in [-0.2, 0) is 27.7 Å². The summed E-state index contributed by atoms with van der Waals surface area (Å²) in [6.45, 7) is 6.42. The number of hydrogen-bond acceptors (Lipinski definition) is 5. The highest BCUT2D eigenvalue weighted by Crippen LogP contribution is 2.33. The second-order valence-corrected chi connectivity index (χ2v) is 10.7. The van der Waals surface area contributed by atoms with Gasteiger partial charge in [0.05, 0.1) is 12.3 Å². The number of hydrogen-bond donors (Lipinski definition) is 1. The summed E-state index contributed by atoms with van der Waals surface area (Å²) < 4.78 is 71.0.